The molecule has 1 aliphatic rings. The lowest BCUT2D eigenvalue weighted by Crippen LogP contribution is -2.75. The average Bonchev–Trinajstić information content (AvgIpc) is 3.76. The van der Waals surface area contributed by atoms with Gasteiger partial charge >= 0.3 is 5.84 Å². The van der Waals surface area contributed by atoms with Gasteiger partial charge in [-0.3, -0.25) is 4.40 Å². The molecule has 0 unspecified atom stereocenters. The SMILES string of the molecule is CC(C)(C)c1cc([Si](c2ccccc2)(c2ccccc2)c2cccc3c2Sc2ccccc2C3(C)C)ccc1-c1cccc2c1oc1nc3ccccc3n12. The van der Waals surface area contributed by atoms with Crippen LogP contribution < -0.4 is 20.7 Å². The number of fused-ring (bicyclic) bond motifs is 7. The first-order valence-electron chi connectivity index (χ1n) is 19.1. The van der Waals surface area contributed by atoms with Gasteiger partial charge in [0.2, 0.25) is 0 Å². The maximum Gasteiger partial charge on any atom is 0.307 e. The zero-order valence-corrected chi connectivity index (χ0v) is 33.6. The largest absolute Gasteiger partial charge is 0.422 e. The van der Waals surface area contributed by atoms with Gasteiger partial charge in [0.1, 0.15) is 0 Å². The molecule has 268 valence electrons. The molecule has 3 nitrogen and oxygen atoms in total. The van der Waals surface area contributed by atoms with Crippen molar-refractivity contribution in [1.82, 2.24) is 9.38 Å². The van der Waals surface area contributed by atoms with Gasteiger partial charge in [0.25, 0.3) is 0 Å². The standard InChI is InChI=1S/C50H42N2OSSi/c1-49(2,3)40-32-35(30-31-36(40)37-22-16-27-43-46(37)53-48-51-41-25-13-14-26-42(41)52(43)48)55(33-18-8-6-9-19-33,34-20-10-7-11-21-34)45-29-17-24-39-47(45)54-44-28-15-12-23-38(44)50(39,4)5/h6-32H,1-5H3. The van der Waals surface area contributed by atoms with Crippen molar-refractivity contribution in [2.45, 2.75) is 55.2 Å². The summed E-state index contributed by atoms with van der Waals surface area (Å²) in [6, 6.07) is 60.9. The minimum absolute atomic E-state index is 0.145. The van der Waals surface area contributed by atoms with Crippen LogP contribution in [0.15, 0.2) is 178 Å². The Morgan fingerprint density at radius 1 is 0.600 bits per heavy atom. The summed E-state index contributed by atoms with van der Waals surface area (Å²) < 4.78 is 8.82. The fraction of sp³-hybridized carbons (Fsp3) is 0.140. The van der Waals surface area contributed by atoms with Crippen molar-refractivity contribution in [3.05, 3.63) is 180 Å². The number of oxazole rings is 1. The first kappa shape index (κ1) is 33.9. The van der Waals surface area contributed by atoms with Crippen LogP contribution in [0.3, 0.4) is 0 Å². The Balaban J connectivity index is 1.28. The molecule has 0 aliphatic carbocycles. The molecule has 0 bridgehead atoms. The Morgan fingerprint density at radius 2 is 1.24 bits per heavy atom. The van der Waals surface area contributed by atoms with E-state index in [9.17, 15) is 0 Å². The fourth-order valence-corrected chi connectivity index (χ4v) is 16.0. The summed E-state index contributed by atoms with van der Waals surface area (Å²) in [6.07, 6.45) is 0. The van der Waals surface area contributed by atoms with Crippen molar-refractivity contribution in [1.29, 1.82) is 0 Å². The molecule has 0 atom stereocenters. The van der Waals surface area contributed by atoms with Gasteiger partial charge in [-0.05, 0) is 72.7 Å². The van der Waals surface area contributed by atoms with Crippen molar-refractivity contribution in [2.24, 2.45) is 0 Å². The van der Waals surface area contributed by atoms with Crippen LogP contribution in [0.1, 0.15) is 51.3 Å². The molecule has 0 saturated heterocycles. The molecule has 0 saturated carbocycles. The van der Waals surface area contributed by atoms with Crippen LogP contribution in [0, 0.1) is 0 Å². The molecule has 0 amide bonds. The van der Waals surface area contributed by atoms with Crippen LogP contribution in [-0.2, 0) is 10.8 Å². The molecule has 7 aromatic carbocycles. The number of aromatic nitrogens is 2. The van der Waals surface area contributed by atoms with Crippen LogP contribution in [0.5, 0.6) is 0 Å². The second-order valence-corrected chi connectivity index (χ2v) is 21.2. The highest BCUT2D eigenvalue weighted by Gasteiger charge is 2.46. The molecule has 0 radical (unpaired) electrons. The first-order valence-corrected chi connectivity index (χ1v) is 22.0. The van der Waals surface area contributed by atoms with E-state index in [0.717, 1.165) is 27.7 Å². The normalized spacial score (nSPS) is 14.0. The van der Waals surface area contributed by atoms with Gasteiger partial charge in [0.05, 0.1) is 16.6 Å². The van der Waals surface area contributed by atoms with Crippen LogP contribution in [0.25, 0.3) is 39.1 Å². The van der Waals surface area contributed by atoms with Gasteiger partial charge in [0, 0.05) is 20.8 Å². The van der Waals surface area contributed by atoms with E-state index in [0.29, 0.717) is 5.84 Å². The number of para-hydroxylation sites is 3. The molecule has 3 heterocycles. The maximum absolute atomic E-state index is 6.66. The van der Waals surface area contributed by atoms with Crippen LogP contribution in [0.2, 0.25) is 0 Å². The lowest BCUT2D eigenvalue weighted by atomic mass is 9.78. The van der Waals surface area contributed by atoms with Crippen molar-refractivity contribution < 1.29 is 4.42 Å². The van der Waals surface area contributed by atoms with Gasteiger partial charge in [-0.15, -0.1) is 0 Å². The number of imidazole rings is 1. The highest BCUT2D eigenvalue weighted by Crippen LogP contribution is 2.49. The number of hydrogen-bond donors (Lipinski definition) is 0. The van der Waals surface area contributed by atoms with Crippen molar-refractivity contribution in [3.63, 3.8) is 0 Å². The molecule has 1 aliphatic heterocycles. The molecule has 5 heteroatoms. The van der Waals surface area contributed by atoms with E-state index in [1.54, 1.807) is 0 Å². The molecule has 0 fully saturated rings. The highest BCUT2D eigenvalue weighted by atomic mass is 32.2. The molecule has 55 heavy (non-hydrogen) atoms. The number of benzene rings is 7. The number of rotatable bonds is 5. The zero-order chi connectivity index (χ0) is 37.5. The minimum Gasteiger partial charge on any atom is -0.422 e. The van der Waals surface area contributed by atoms with E-state index in [2.05, 4.69) is 191 Å². The molecule has 2 aromatic heterocycles. The molecule has 10 rings (SSSR count). The van der Waals surface area contributed by atoms with Gasteiger partial charge in [0.15, 0.2) is 13.7 Å². The topological polar surface area (TPSA) is 30.4 Å². The lowest BCUT2D eigenvalue weighted by molar-refractivity contribution is 0.592. The second kappa shape index (κ2) is 12.5. The maximum atomic E-state index is 6.66. The summed E-state index contributed by atoms with van der Waals surface area (Å²) in [6.45, 7) is 11.8. The monoisotopic (exact) mass is 746 g/mol. The smallest absolute Gasteiger partial charge is 0.307 e. The van der Waals surface area contributed by atoms with Crippen molar-refractivity contribution in [3.8, 4) is 11.1 Å². The zero-order valence-electron chi connectivity index (χ0n) is 31.8. The summed E-state index contributed by atoms with van der Waals surface area (Å²) in [4.78, 5) is 7.60. The third-order valence-corrected chi connectivity index (χ3v) is 18.0. The lowest BCUT2D eigenvalue weighted by Gasteiger charge is -2.41. The third kappa shape index (κ3) is 5.06. The van der Waals surface area contributed by atoms with Crippen molar-refractivity contribution in [2.75, 3.05) is 0 Å². The average molecular weight is 747 g/mol. The van der Waals surface area contributed by atoms with Gasteiger partial charge in [-0.2, -0.15) is 4.98 Å². The van der Waals surface area contributed by atoms with E-state index in [-0.39, 0.29) is 10.8 Å². The van der Waals surface area contributed by atoms with Crippen LogP contribution in [0.4, 0.5) is 0 Å². The molecule has 0 spiro atoms. The van der Waals surface area contributed by atoms with E-state index in [1.165, 1.54) is 52.8 Å². The number of hydrogen-bond acceptors (Lipinski definition) is 3. The summed E-state index contributed by atoms with van der Waals surface area (Å²) in [7, 11) is -2.96. The van der Waals surface area contributed by atoms with Gasteiger partial charge in [-0.1, -0.05) is 186 Å². The fourth-order valence-electron chi connectivity index (χ4n) is 9.15. The Bertz CT molecular complexity index is 2880. The molecule has 9 aromatic rings. The Hall–Kier alpha value is -5.62. The molecular weight excluding hydrogens is 705 g/mol. The summed E-state index contributed by atoms with van der Waals surface area (Å²) in [5.74, 6) is 0.619. The van der Waals surface area contributed by atoms with Gasteiger partial charge in [-0.25, -0.2) is 0 Å². The molecule has 0 N–H and O–H groups in total. The van der Waals surface area contributed by atoms with Gasteiger partial charge < -0.3 is 4.42 Å². The van der Waals surface area contributed by atoms with E-state index in [4.69, 9.17) is 9.40 Å². The quantitative estimate of drug-likeness (QED) is 0.130. The predicted octanol–water partition coefficient (Wildman–Crippen LogP) is 10.4. The Kier molecular flexibility index (Phi) is 7.68. The predicted molar refractivity (Wildman–Crippen MR) is 233 cm³/mol. The summed E-state index contributed by atoms with van der Waals surface area (Å²) in [5.41, 5.74) is 9.91. The Labute approximate surface area is 327 Å². The summed E-state index contributed by atoms with van der Waals surface area (Å²) in [5, 5.41) is 5.56. The van der Waals surface area contributed by atoms with E-state index >= 15 is 0 Å². The molecular formula is C50H42N2OSSi. The van der Waals surface area contributed by atoms with E-state index in [1.807, 2.05) is 23.9 Å². The third-order valence-electron chi connectivity index (χ3n) is 11.8. The second-order valence-electron chi connectivity index (χ2n) is 16.4. The first-order chi connectivity index (χ1) is 26.7. The Morgan fingerprint density at radius 3 is 1.98 bits per heavy atom. The van der Waals surface area contributed by atoms with Crippen molar-refractivity contribution >= 4 is 68.6 Å². The number of nitrogens with zero attached hydrogens (tertiary/aromatic N) is 2. The van der Waals surface area contributed by atoms with E-state index < -0.39 is 8.07 Å². The summed E-state index contributed by atoms with van der Waals surface area (Å²) >= 11 is 1.95. The highest BCUT2D eigenvalue weighted by molar-refractivity contribution is 7.99. The van der Waals surface area contributed by atoms with Crippen LogP contribution in [-0.4, -0.2) is 17.5 Å². The van der Waals surface area contributed by atoms with Crippen LogP contribution >= 0.6 is 11.8 Å². The minimum atomic E-state index is -2.96.